The fourth-order valence-corrected chi connectivity index (χ4v) is 5.67. The summed E-state index contributed by atoms with van der Waals surface area (Å²) < 4.78 is 25.1. The lowest BCUT2D eigenvalue weighted by Crippen LogP contribution is -2.24. The molecule has 4 aromatic carbocycles. The molecule has 1 N–H and O–H groups in total. The van der Waals surface area contributed by atoms with Crippen molar-refractivity contribution in [2.75, 3.05) is 13.6 Å². The molecular weight excluding hydrogens is 526 g/mol. The van der Waals surface area contributed by atoms with Crippen molar-refractivity contribution in [1.29, 1.82) is 0 Å². The van der Waals surface area contributed by atoms with Crippen molar-refractivity contribution < 1.29 is 18.9 Å². The van der Waals surface area contributed by atoms with Gasteiger partial charge in [0.25, 0.3) is 0 Å². The summed E-state index contributed by atoms with van der Waals surface area (Å²) in [6, 6.07) is 33.1. The molecule has 0 saturated carbocycles. The van der Waals surface area contributed by atoms with E-state index in [1.54, 1.807) is 0 Å². The number of unbranched alkanes of at least 4 members (excludes halogenated alkanes) is 1. The summed E-state index contributed by atoms with van der Waals surface area (Å²) in [4.78, 5) is 5.27. The molecule has 5 aromatic rings. The highest BCUT2D eigenvalue weighted by Gasteiger charge is 2.25. The molecule has 0 aliphatic carbocycles. The zero-order valence-electron chi connectivity index (χ0n) is 23.6. The Hall–Kier alpha value is -4.75. The largest absolute Gasteiger partial charge is 0.454 e. The van der Waals surface area contributed by atoms with E-state index in [2.05, 4.69) is 89.6 Å². The minimum Gasteiger partial charge on any atom is -0.454 e. The lowest BCUT2D eigenvalue weighted by molar-refractivity contribution is 0.173. The number of ether oxygens (including phenoxy) is 4. The first-order chi connectivity index (χ1) is 20.8. The van der Waals surface area contributed by atoms with E-state index in [-0.39, 0.29) is 19.6 Å². The van der Waals surface area contributed by atoms with Crippen LogP contribution in [0.15, 0.2) is 97.1 Å². The molecule has 7 heteroatoms. The van der Waals surface area contributed by atoms with Crippen LogP contribution in [0.5, 0.6) is 23.0 Å². The Labute approximate surface area is 245 Å². The van der Waals surface area contributed by atoms with E-state index in [1.165, 1.54) is 0 Å². The molecule has 212 valence electrons. The van der Waals surface area contributed by atoms with Gasteiger partial charge in [0.15, 0.2) is 23.0 Å². The number of aromatic nitrogens is 2. The maximum absolute atomic E-state index is 5.75. The zero-order chi connectivity index (χ0) is 28.3. The van der Waals surface area contributed by atoms with Crippen molar-refractivity contribution in [2.24, 2.45) is 0 Å². The van der Waals surface area contributed by atoms with Gasteiger partial charge in [-0.3, -0.25) is 0 Å². The van der Waals surface area contributed by atoms with E-state index >= 15 is 0 Å². The number of benzene rings is 4. The van der Waals surface area contributed by atoms with Crippen molar-refractivity contribution in [3.8, 4) is 45.6 Å². The SMILES string of the molecule is CCCCn1c(-c2ccccc2)nc(-c2ccccc2)c1CNC(c1ccc2c(c1)OCO2)c1ccc2c(c1)OCO2. The number of hydrogen-bond acceptors (Lipinski definition) is 6. The number of fused-ring (bicyclic) bond motifs is 2. The Morgan fingerprint density at radius 3 is 1.88 bits per heavy atom. The molecule has 7 nitrogen and oxygen atoms in total. The molecule has 0 bridgehead atoms. The first kappa shape index (κ1) is 26.2. The Morgan fingerprint density at radius 1 is 0.714 bits per heavy atom. The quantitative estimate of drug-likeness (QED) is 0.193. The lowest BCUT2D eigenvalue weighted by Gasteiger charge is -2.22. The topological polar surface area (TPSA) is 66.8 Å². The van der Waals surface area contributed by atoms with E-state index < -0.39 is 0 Å². The molecule has 3 heterocycles. The molecule has 2 aliphatic heterocycles. The van der Waals surface area contributed by atoms with Crippen LogP contribution in [-0.4, -0.2) is 23.1 Å². The van der Waals surface area contributed by atoms with Gasteiger partial charge in [-0.05, 0) is 41.8 Å². The summed E-state index contributed by atoms with van der Waals surface area (Å²) in [6.45, 7) is 4.18. The maximum Gasteiger partial charge on any atom is 0.231 e. The summed E-state index contributed by atoms with van der Waals surface area (Å²) in [6.07, 6.45) is 2.15. The van der Waals surface area contributed by atoms with Gasteiger partial charge >= 0.3 is 0 Å². The minimum absolute atomic E-state index is 0.146. The van der Waals surface area contributed by atoms with Crippen LogP contribution in [0.1, 0.15) is 42.6 Å². The second kappa shape index (κ2) is 11.6. The molecule has 0 spiro atoms. The van der Waals surface area contributed by atoms with E-state index in [1.807, 2.05) is 24.3 Å². The Bertz CT molecular complexity index is 1630. The van der Waals surface area contributed by atoms with Gasteiger partial charge in [-0.25, -0.2) is 4.98 Å². The van der Waals surface area contributed by atoms with Crippen LogP contribution in [-0.2, 0) is 13.1 Å². The third kappa shape index (κ3) is 5.08. The van der Waals surface area contributed by atoms with Crippen molar-refractivity contribution in [2.45, 2.75) is 38.9 Å². The fraction of sp³-hybridized carbons (Fsp3) is 0.229. The maximum atomic E-state index is 5.75. The number of hydrogen-bond donors (Lipinski definition) is 1. The number of imidazole rings is 1. The monoisotopic (exact) mass is 559 g/mol. The predicted molar refractivity (Wildman–Crippen MR) is 162 cm³/mol. The first-order valence-corrected chi connectivity index (χ1v) is 14.5. The Morgan fingerprint density at radius 2 is 1.29 bits per heavy atom. The minimum atomic E-state index is -0.146. The van der Waals surface area contributed by atoms with Crippen LogP contribution >= 0.6 is 0 Å². The molecule has 42 heavy (non-hydrogen) atoms. The van der Waals surface area contributed by atoms with E-state index in [0.29, 0.717) is 6.54 Å². The Kier molecular flexibility index (Phi) is 7.24. The van der Waals surface area contributed by atoms with Crippen molar-refractivity contribution in [3.05, 3.63) is 114 Å². The van der Waals surface area contributed by atoms with Crippen LogP contribution in [0.4, 0.5) is 0 Å². The van der Waals surface area contributed by atoms with Gasteiger partial charge in [-0.15, -0.1) is 0 Å². The average Bonchev–Trinajstić information content (AvgIpc) is 3.79. The molecule has 7 rings (SSSR count). The van der Waals surface area contributed by atoms with E-state index in [0.717, 1.165) is 81.9 Å². The summed E-state index contributed by atoms with van der Waals surface area (Å²) >= 11 is 0. The molecular formula is C35H33N3O4. The van der Waals surface area contributed by atoms with E-state index in [9.17, 15) is 0 Å². The zero-order valence-corrected chi connectivity index (χ0v) is 23.6. The number of nitrogens with zero attached hydrogens (tertiary/aromatic N) is 2. The van der Waals surface area contributed by atoms with Gasteiger partial charge < -0.3 is 28.8 Å². The lowest BCUT2D eigenvalue weighted by atomic mass is 9.97. The standard InChI is InChI=1S/C35H33N3O4/c1-2-3-18-38-28(34(24-10-6-4-7-11-24)37-35(38)25-12-8-5-9-13-25)21-36-33(26-14-16-29-31(19-26)41-22-39-29)27-15-17-30-32(20-27)42-23-40-30/h4-17,19-20,33,36H,2-3,18,21-23H2,1H3. The van der Waals surface area contributed by atoms with Gasteiger partial charge in [-0.1, -0.05) is 86.1 Å². The second-order valence-electron chi connectivity index (χ2n) is 10.5. The molecule has 0 saturated heterocycles. The predicted octanol–water partition coefficient (Wildman–Crippen LogP) is 7.35. The molecule has 1 aromatic heterocycles. The van der Waals surface area contributed by atoms with Crippen LogP contribution in [0, 0.1) is 0 Å². The third-order valence-electron chi connectivity index (χ3n) is 7.82. The second-order valence-corrected chi connectivity index (χ2v) is 10.5. The molecule has 0 amide bonds. The molecule has 0 radical (unpaired) electrons. The van der Waals surface area contributed by atoms with Crippen molar-refractivity contribution in [1.82, 2.24) is 14.9 Å². The van der Waals surface area contributed by atoms with Crippen LogP contribution in [0.2, 0.25) is 0 Å². The van der Waals surface area contributed by atoms with Crippen molar-refractivity contribution >= 4 is 0 Å². The van der Waals surface area contributed by atoms with Crippen LogP contribution < -0.4 is 24.3 Å². The van der Waals surface area contributed by atoms with Crippen molar-refractivity contribution in [3.63, 3.8) is 0 Å². The first-order valence-electron chi connectivity index (χ1n) is 14.5. The highest BCUT2D eigenvalue weighted by Crippen LogP contribution is 2.39. The van der Waals surface area contributed by atoms with Gasteiger partial charge in [0.1, 0.15) is 5.82 Å². The number of nitrogens with one attached hydrogen (secondary N) is 1. The Balaban J connectivity index is 1.32. The normalized spacial score (nSPS) is 13.2. The smallest absolute Gasteiger partial charge is 0.231 e. The molecule has 0 atom stereocenters. The highest BCUT2D eigenvalue weighted by atomic mass is 16.7. The third-order valence-corrected chi connectivity index (χ3v) is 7.82. The summed E-state index contributed by atoms with van der Waals surface area (Å²) in [5.41, 5.74) is 6.50. The van der Waals surface area contributed by atoms with Crippen LogP contribution in [0.3, 0.4) is 0 Å². The van der Waals surface area contributed by atoms with E-state index in [4.69, 9.17) is 23.9 Å². The summed E-state index contributed by atoms with van der Waals surface area (Å²) in [5, 5.41) is 3.89. The summed E-state index contributed by atoms with van der Waals surface area (Å²) in [5.74, 6) is 4.02. The fourth-order valence-electron chi connectivity index (χ4n) is 5.67. The van der Waals surface area contributed by atoms with Gasteiger partial charge in [0.2, 0.25) is 13.6 Å². The number of rotatable bonds is 10. The summed E-state index contributed by atoms with van der Waals surface area (Å²) in [7, 11) is 0. The van der Waals surface area contributed by atoms with Gasteiger partial charge in [-0.2, -0.15) is 0 Å². The molecule has 2 aliphatic rings. The van der Waals surface area contributed by atoms with Gasteiger partial charge in [0.05, 0.1) is 17.4 Å². The van der Waals surface area contributed by atoms with Gasteiger partial charge in [0, 0.05) is 24.2 Å². The molecule has 0 unspecified atom stereocenters. The molecule has 0 fully saturated rings. The highest BCUT2D eigenvalue weighted by molar-refractivity contribution is 5.68. The van der Waals surface area contributed by atoms with Crippen LogP contribution in [0.25, 0.3) is 22.6 Å². The average molecular weight is 560 g/mol.